The average molecular weight is 352 g/mol. The van der Waals surface area contributed by atoms with Crippen molar-refractivity contribution in [2.45, 2.75) is 71.1 Å². The van der Waals surface area contributed by atoms with E-state index in [1.54, 1.807) is 6.07 Å². The van der Waals surface area contributed by atoms with Gasteiger partial charge < -0.3 is 20.1 Å². The predicted octanol–water partition coefficient (Wildman–Crippen LogP) is 4.51. The van der Waals surface area contributed by atoms with E-state index in [-0.39, 0.29) is 23.9 Å². The van der Waals surface area contributed by atoms with Crippen LogP contribution in [0.2, 0.25) is 0 Å². The van der Waals surface area contributed by atoms with Gasteiger partial charge in [-0.15, -0.1) is 0 Å². The minimum Gasteiger partial charge on any atom is -0.505 e. The van der Waals surface area contributed by atoms with Gasteiger partial charge in [0.1, 0.15) is 5.60 Å². The van der Waals surface area contributed by atoms with Crippen molar-refractivity contribution in [1.29, 1.82) is 0 Å². The lowest BCUT2D eigenvalue weighted by Gasteiger charge is -2.38. The number of piperidine rings is 1. The van der Waals surface area contributed by atoms with Gasteiger partial charge in [-0.3, -0.25) is 0 Å². The number of aromatic hydroxyl groups is 1. The van der Waals surface area contributed by atoms with Crippen LogP contribution in [-0.4, -0.2) is 40.3 Å². The molecule has 1 fully saturated rings. The summed E-state index contributed by atoms with van der Waals surface area (Å²) in [7, 11) is 0. The molecule has 2 N–H and O–H groups in total. The first-order chi connectivity index (χ1) is 11.7. The average Bonchev–Trinajstić information content (AvgIpc) is 2.49. The zero-order valence-electron chi connectivity index (χ0n) is 15.5. The highest BCUT2D eigenvalue weighted by molar-refractivity contribution is 5.68. The molecule has 1 saturated heterocycles. The quantitative estimate of drug-likeness (QED) is 0.783. The molecule has 0 aliphatic carbocycles. The maximum atomic E-state index is 13.5. The van der Waals surface area contributed by atoms with Gasteiger partial charge in [-0.05, 0) is 65.5 Å². The Morgan fingerprint density at radius 2 is 2.16 bits per heavy atom. The summed E-state index contributed by atoms with van der Waals surface area (Å²) in [6.45, 7) is 8.32. The fraction of sp³-hybridized carbons (Fsp3) is 0.632. The second-order valence-corrected chi connectivity index (χ2v) is 7.77. The Morgan fingerprint density at radius 1 is 1.44 bits per heavy atom. The molecule has 25 heavy (non-hydrogen) atoms. The van der Waals surface area contributed by atoms with Crippen LogP contribution in [0, 0.1) is 5.82 Å². The third kappa shape index (κ3) is 5.80. The number of carbonyl (C=O) groups excluding carboxylic acids is 1. The van der Waals surface area contributed by atoms with Crippen LogP contribution >= 0.6 is 0 Å². The largest absolute Gasteiger partial charge is 0.505 e. The summed E-state index contributed by atoms with van der Waals surface area (Å²) in [5.41, 5.74) is 0.106. The van der Waals surface area contributed by atoms with E-state index in [4.69, 9.17) is 4.74 Å². The van der Waals surface area contributed by atoms with Gasteiger partial charge in [0.25, 0.3) is 0 Å². The van der Waals surface area contributed by atoms with Crippen molar-refractivity contribution in [2.75, 3.05) is 11.9 Å². The van der Waals surface area contributed by atoms with Crippen LogP contribution in [0.1, 0.15) is 53.4 Å². The van der Waals surface area contributed by atoms with Crippen LogP contribution in [0.25, 0.3) is 0 Å². The van der Waals surface area contributed by atoms with Gasteiger partial charge in [0.15, 0.2) is 11.6 Å². The summed E-state index contributed by atoms with van der Waals surface area (Å²) in [4.78, 5) is 14.3. The summed E-state index contributed by atoms with van der Waals surface area (Å²) in [5.74, 6) is -1.01. The Balaban J connectivity index is 1.97. The number of phenols is 1. The van der Waals surface area contributed by atoms with Crippen molar-refractivity contribution in [3.05, 3.63) is 24.0 Å². The molecule has 2 atom stereocenters. The van der Waals surface area contributed by atoms with Crippen molar-refractivity contribution < 1.29 is 19.0 Å². The van der Waals surface area contributed by atoms with Crippen molar-refractivity contribution in [1.82, 2.24) is 4.90 Å². The van der Waals surface area contributed by atoms with Crippen molar-refractivity contribution in [2.24, 2.45) is 0 Å². The summed E-state index contributed by atoms with van der Waals surface area (Å²) in [6.07, 6.45) is 3.50. The smallest absolute Gasteiger partial charge is 0.410 e. The monoisotopic (exact) mass is 352 g/mol. The Morgan fingerprint density at radius 3 is 2.80 bits per heavy atom. The van der Waals surface area contributed by atoms with Crippen molar-refractivity contribution in [3.63, 3.8) is 0 Å². The number of hydrogen-bond acceptors (Lipinski definition) is 4. The standard InChI is InChI=1S/C19H29FN2O3/c1-13(21-14-8-9-17(23)16(20)12-14)11-15-7-5-6-10-22(15)18(24)25-19(2,3)4/h8-9,12-13,15,21,23H,5-7,10-11H2,1-4H3. The van der Waals surface area contributed by atoms with E-state index in [2.05, 4.69) is 5.32 Å². The maximum Gasteiger partial charge on any atom is 0.410 e. The summed E-state index contributed by atoms with van der Waals surface area (Å²) < 4.78 is 19.0. The van der Waals surface area contributed by atoms with E-state index < -0.39 is 11.4 Å². The summed E-state index contributed by atoms with van der Waals surface area (Å²) in [6, 6.07) is 4.41. The maximum absolute atomic E-state index is 13.5. The van der Waals surface area contributed by atoms with Crippen molar-refractivity contribution >= 4 is 11.8 Å². The first-order valence-corrected chi connectivity index (χ1v) is 8.90. The van der Waals surface area contributed by atoms with Crippen LogP contribution in [0.5, 0.6) is 5.75 Å². The molecule has 1 aliphatic rings. The van der Waals surface area contributed by atoms with Crippen LogP contribution < -0.4 is 5.32 Å². The lowest BCUT2D eigenvalue weighted by molar-refractivity contribution is 0.00852. The van der Waals surface area contributed by atoms with Crippen LogP contribution in [0.3, 0.4) is 0 Å². The molecule has 1 amide bonds. The molecule has 0 saturated carbocycles. The van der Waals surface area contributed by atoms with E-state index >= 15 is 0 Å². The molecule has 2 unspecified atom stereocenters. The summed E-state index contributed by atoms with van der Waals surface area (Å²) >= 11 is 0. The van der Waals surface area contributed by atoms with Gasteiger partial charge in [0.2, 0.25) is 0 Å². The van der Waals surface area contributed by atoms with Gasteiger partial charge in [-0.1, -0.05) is 0 Å². The molecule has 2 rings (SSSR count). The first-order valence-electron chi connectivity index (χ1n) is 8.90. The van der Waals surface area contributed by atoms with Gasteiger partial charge in [-0.25, -0.2) is 9.18 Å². The molecule has 1 aromatic rings. The number of nitrogens with one attached hydrogen (secondary N) is 1. The lowest BCUT2D eigenvalue weighted by Crippen LogP contribution is -2.47. The molecule has 6 heteroatoms. The fourth-order valence-corrected chi connectivity index (χ4v) is 3.15. The number of nitrogens with zero attached hydrogens (tertiary/aromatic N) is 1. The molecule has 0 aromatic heterocycles. The van der Waals surface area contributed by atoms with E-state index in [1.165, 1.54) is 12.1 Å². The molecular formula is C19H29FN2O3. The van der Waals surface area contributed by atoms with E-state index in [1.807, 2.05) is 32.6 Å². The zero-order chi connectivity index (χ0) is 18.6. The van der Waals surface area contributed by atoms with E-state index in [0.717, 1.165) is 25.7 Å². The van der Waals surface area contributed by atoms with Crippen molar-refractivity contribution in [3.8, 4) is 5.75 Å². The van der Waals surface area contributed by atoms with E-state index in [9.17, 15) is 14.3 Å². The Labute approximate surface area is 149 Å². The topological polar surface area (TPSA) is 61.8 Å². The Bertz CT molecular complexity index is 601. The third-order valence-corrected chi connectivity index (χ3v) is 4.24. The molecular weight excluding hydrogens is 323 g/mol. The minimum atomic E-state index is -0.648. The van der Waals surface area contributed by atoms with E-state index in [0.29, 0.717) is 12.2 Å². The van der Waals surface area contributed by atoms with Crippen LogP contribution in [0.15, 0.2) is 18.2 Å². The van der Waals surface area contributed by atoms with Gasteiger partial charge >= 0.3 is 6.09 Å². The first kappa shape index (κ1) is 19.3. The van der Waals surface area contributed by atoms with Crippen LogP contribution in [-0.2, 0) is 4.74 Å². The molecule has 1 heterocycles. The number of hydrogen-bond donors (Lipinski definition) is 2. The molecule has 0 spiro atoms. The van der Waals surface area contributed by atoms with Gasteiger partial charge in [0.05, 0.1) is 0 Å². The normalized spacial score (nSPS) is 19.4. The predicted molar refractivity (Wildman–Crippen MR) is 96.3 cm³/mol. The number of rotatable bonds is 4. The Hall–Kier alpha value is -1.98. The highest BCUT2D eigenvalue weighted by atomic mass is 19.1. The third-order valence-electron chi connectivity index (χ3n) is 4.24. The number of carbonyl (C=O) groups is 1. The molecule has 0 radical (unpaired) electrons. The number of phenolic OH excluding ortho intramolecular Hbond substituents is 1. The number of likely N-dealkylation sites (tertiary alicyclic amines) is 1. The highest BCUT2D eigenvalue weighted by Gasteiger charge is 2.31. The number of ether oxygens (including phenoxy) is 1. The molecule has 1 aliphatic heterocycles. The minimum absolute atomic E-state index is 0.0528. The zero-order valence-corrected chi connectivity index (χ0v) is 15.5. The van der Waals surface area contributed by atoms with Gasteiger partial charge in [0, 0.05) is 30.4 Å². The number of anilines is 1. The number of halogens is 1. The second kappa shape index (κ2) is 7.93. The summed E-state index contributed by atoms with van der Waals surface area (Å²) in [5, 5.41) is 12.5. The highest BCUT2D eigenvalue weighted by Crippen LogP contribution is 2.25. The van der Waals surface area contributed by atoms with Gasteiger partial charge in [-0.2, -0.15) is 0 Å². The molecule has 140 valence electrons. The lowest BCUT2D eigenvalue weighted by atomic mass is 9.96. The number of benzene rings is 1. The fourth-order valence-electron chi connectivity index (χ4n) is 3.15. The molecule has 1 aromatic carbocycles. The number of amides is 1. The SMILES string of the molecule is CC(CC1CCCCN1C(=O)OC(C)(C)C)Nc1ccc(O)c(F)c1. The Kier molecular flexibility index (Phi) is 6.14. The second-order valence-electron chi connectivity index (χ2n) is 7.77. The molecule has 0 bridgehead atoms. The van der Waals surface area contributed by atoms with Crippen LogP contribution in [0.4, 0.5) is 14.9 Å². The molecule has 5 nitrogen and oxygen atoms in total.